The zero-order valence-corrected chi connectivity index (χ0v) is 20.0. The summed E-state index contributed by atoms with van der Waals surface area (Å²) in [5, 5.41) is 2.87. The number of rotatable bonds is 7. The second-order valence-corrected chi connectivity index (χ2v) is 8.77. The molecule has 0 aromatic heterocycles. The van der Waals surface area contributed by atoms with Crippen molar-refractivity contribution in [1.82, 2.24) is 4.90 Å². The van der Waals surface area contributed by atoms with Crippen molar-refractivity contribution in [3.05, 3.63) is 89.2 Å². The average Bonchev–Trinajstić information content (AvgIpc) is 2.83. The molecule has 1 heterocycles. The van der Waals surface area contributed by atoms with Crippen molar-refractivity contribution < 1.29 is 31.9 Å². The molecule has 0 spiro atoms. The Bertz CT molecular complexity index is 1260. The van der Waals surface area contributed by atoms with Gasteiger partial charge in [-0.15, -0.1) is 13.2 Å². The van der Waals surface area contributed by atoms with Crippen LogP contribution in [0.1, 0.15) is 23.1 Å². The maximum Gasteiger partial charge on any atom is 0.573 e. The molecule has 1 saturated heterocycles. The second kappa shape index (κ2) is 10.9. The topological polar surface area (TPSA) is 61.9 Å². The number of halogens is 4. The molecule has 1 fully saturated rings. The molecule has 0 bridgehead atoms. The third kappa shape index (κ3) is 6.99. The Morgan fingerprint density at radius 2 is 1.65 bits per heavy atom. The molecular weight excluding hydrogens is 490 g/mol. The highest BCUT2D eigenvalue weighted by Crippen LogP contribution is 2.31. The van der Waals surface area contributed by atoms with Gasteiger partial charge in [0, 0.05) is 19.6 Å². The maximum atomic E-state index is 13.4. The largest absolute Gasteiger partial charge is 0.573 e. The molecule has 10 heteroatoms. The Balaban J connectivity index is 1.47. The van der Waals surface area contributed by atoms with Crippen molar-refractivity contribution in [2.45, 2.75) is 32.7 Å². The molecule has 0 unspecified atom stereocenters. The minimum Gasteiger partial charge on any atom is -0.406 e. The Morgan fingerprint density at radius 3 is 2.32 bits per heavy atom. The monoisotopic (exact) mass is 515 g/mol. The van der Waals surface area contributed by atoms with Gasteiger partial charge in [0.15, 0.2) is 0 Å². The number of amides is 3. The van der Waals surface area contributed by atoms with E-state index < -0.39 is 6.36 Å². The van der Waals surface area contributed by atoms with Crippen molar-refractivity contribution in [2.75, 3.05) is 23.3 Å². The van der Waals surface area contributed by atoms with Crippen LogP contribution in [0.5, 0.6) is 5.75 Å². The fourth-order valence-corrected chi connectivity index (χ4v) is 4.14. The van der Waals surface area contributed by atoms with Crippen LogP contribution >= 0.6 is 0 Å². The smallest absolute Gasteiger partial charge is 0.406 e. The predicted molar refractivity (Wildman–Crippen MR) is 131 cm³/mol. The molecule has 3 aromatic carbocycles. The fraction of sp³-hybridized carbons (Fsp3) is 0.259. The van der Waals surface area contributed by atoms with Crippen LogP contribution in [0.25, 0.3) is 0 Å². The lowest BCUT2D eigenvalue weighted by Crippen LogP contribution is -2.49. The van der Waals surface area contributed by atoms with E-state index in [1.165, 1.54) is 36.4 Å². The highest BCUT2D eigenvalue weighted by molar-refractivity contribution is 6.01. The second-order valence-electron chi connectivity index (χ2n) is 8.77. The van der Waals surface area contributed by atoms with Gasteiger partial charge in [-0.1, -0.05) is 30.3 Å². The van der Waals surface area contributed by atoms with Crippen LogP contribution in [0.3, 0.4) is 0 Å². The minimum absolute atomic E-state index is 0.0434. The van der Waals surface area contributed by atoms with Crippen LogP contribution in [-0.4, -0.2) is 36.3 Å². The Labute approximate surface area is 211 Å². The molecule has 1 aliphatic rings. The van der Waals surface area contributed by atoms with Crippen LogP contribution in [0.15, 0.2) is 66.7 Å². The number of benzene rings is 3. The molecule has 0 aliphatic carbocycles. The summed E-state index contributed by atoms with van der Waals surface area (Å²) in [7, 11) is 0. The molecule has 0 saturated carbocycles. The van der Waals surface area contributed by atoms with E-state index in [1.807, 2.05) is 13.0 Å². The lowest BCUT2D eigenvalue weighted by molar-refractivity contribution is -0.274. The van der Waals surface area contributed by atoms with Crippen LogP contribution in [0, 0.1) is 12.7 Å². The van der Waals surface area contributed by atoms with Gasteiger partial charge in [-0.25, -0.2) is 9.18 Å². The van der Waals surface area contributed by atoms with Gasteiger partial charge >= 0.3 is 12.4 Å². The number of carbonyl (C=O) groups is 2. The molecule has 3 amide bonds. The Hall–Kier alpha value is -4.08. The number of urea groups is 1. The summed E-state index contributed by atoms with van der Waals surface area (Å²) in [5.74, 6) is -1.02. The van der Waals surface area contributed by atoms with Gasteiger partial charge in [0.1, 0.15) is 11.6 Å². The maximum absolute atomic E-state index is 13.4. The van der Waals surface area contributed by atoms with Gasteiger partial charge in [0.2, 0.25) is 5.91 Å². The first-order valence-corrected chi connectivity index (χ1v) is 11.6. The van der Waals surface area contributed by atoms with E-state index in [2.05, 4.69) is 10.1 Å². The molecule has 1 aliphatic heterocycles. The molecule has 37 heavy (non-hydrogen) atoms. The third-order valence-electron chi connectivity index (χ3n) is 5.84. The SMILES string of the molecule is Cc1ccc(N2CCCN(Cc3ccc(OC(F)(F)F)cc3)C2=O)c(NC(=O)Cc2ccc(F)cc2)c1. The number of alkyl halides is 3. The first kappa shape index (κ1) is 26.0. The number of hydrogen-bond donors (Lipinski definition) is 1. The van der Waals surface area contributed by atoms with Gasteiger partial charge in [-0.05, 0) is 66.4 Å². The summed E-state index contributed by atoms with van der Waals surface area (Å²) in [6, 6.07) is 16.2. The van der Waals surface area contributed by atoms with Crippen LogP contribution < -0.4 is 15.0 Å². The Kier molecular flexibility index (Phi) is 7.66. The number of hydrogen-bond acceptors (Lipinski definition) is 3. The zero-order chi connectivity index (χ0) is 26.6. The number of nitrogens with zero attached hydrogens (tertiary/aromatic N) is 2. The lowest BCUT2D eigenvalue weighted by atomic mass is 10.1. The van der Waals surface area contributed by atoms with Crippen molar-refractivity contribution in [1.29, 1.82) is 0 Å². The fourth-order valence-electron chi connectivity index (χ4n) is 4.14. The summed E-state index contributed by atoms with van der Waals surface area (Å²) < 4.78 is 54.3. The summed E-state index contributed by atoms with van der Waals surface area (Å²) in [6.07, 6.45) is -4.06. The summed E-state index contributed by atoms with van der Waals surface area (Å²) in [6.45, 7) is 3.00. The lowest BCUT2D eigenvalue weighted by Gasteiger charge is -2.36. The summed E-state index contributed by atoms with van der Waals surface area (Å²) >= 11 is 0. The standard InChI is InChI=1S/C27H25F4N3O3/c1-18-3-12-24(23(15-18)32-25(35)16-19-4-8-21(28)9-5-19)34-14-2-13-33(26(34)36)17-20-6-10-22(11-7-20)37-27(29,30)31/h3-12,15H,2,13-14,16-17H2,1H3,(H,32,35). The quantitative estimate of drug-likeness (QED) is 0.390. The van der Waals surface area contributed by atoms with Gasteiger partial charge in [0.05, 0.1) is 17.8 Å². The predicted octanol–water partition coefficient (Wildman–Crippen LogP) is 6.05. The molecular formula is C27H25F4N3O3. The third-order valence-corrected chi connectivity index (χ3v) is 5.84. The van der Waals surface area contributed by atoms with Gasteiger partial charge in [-0.3, -0.25) is 9.69 Å². The average molecular weight is 516 g/mol. The van der Waals surface area contributed by atoms with Gasteiger partial charge < -0.3 is 15.0 Å². The molecule has 6 nitrogen and oxygen atoms in total. The molecule has 4 rings (SSSR count). The molecule has 0 atom stereocenters. The van der Waals surface area contributed by atoms with Crippen LogP contribution in [0.4, 0.5) is 33.7 Å². The minimum atomic E-state index is -4.77. The van der Waals surface area contributed by atoms with E-state index in [0.717, 1.165) is 5.56 Å². The number of carbonyl (C=O) groups excluding carboxylic acids is 2. The van der Waals surface area contributed by atoms with E-state index in [-0.39, 0.29) is 36.5 Å². The summed E-state index contributed by atoms with van der Waals surface area (Å²) in [5.41, 5.74) is 3.22. The van der Waals surface area contributed by atoms with Crippen molar-refractivity contribution in [3.63, 3.8) is 0 Å². The highest BCUT2D eigenvalue weighted by atomic mass is 19.4. The highest BCUT2D eigenvalue weighted by Gasteiger charge is 2.31. The van der Waals surface area contributed by atoms with E-state index >= 15 is 0 Å². The zero-order valence-electron chi connectivity index (χ0n) is 20.0. The number of aryl methyl sites for hydroxylation is 1. The van der Waals surface area contributed by atoms with Crippen molar-refractivity contribution in [3.8, 4) is 5.75 Å². The van der Waals surface area contributed by atoms with Crippen LogP contribution in [-0.2, 0) is 17.8 Å². The molecule has 1 N–H and O–H groups in total. The number of ether oxygens (including phenoxy) is 1. The molecule has 0 radical (unpaired) electrons. The van der Waals surface area contributed by atoms with Crippen molar-refractivity contribution in [2.24, 2.45) is 0 Å². The van der Waals surface area contributed by atoms with Gasteiger partial charge in [0.25, 0.3) is 0 Å². The van der Waals surface area contributed by atoms with E-state index in [0.29, 0.717) is 42.0 Å². The van der Waals surface area contributed by atoms with Gasteiger partial charge in [-0.2, -0.15) is 0 Å². The number of nitrogens with one attached hydrogen (secondary N) is 1. The van der Waals surface area contributed by atoms with Crippen molar-refractivity contribution >= 4 is 23.3 Å². The Morgan fingerprint density at radius 1 is 0.973 bits per heavy atom. The number of anilines is 2. The van der Waals surface area contributed by atoms with Crippen LogP contribution in [0.2, 0.25) is 0 Å². The first-order valence-electron chi connectivity index (χ1n) is 11.6. The molecule has 3 aromatic rings. The normalized spacial score (nSPS) is 14.0. The molecule has 194 valence electrons. The van der Waals surface area contributed by atoms with E-state index in [4.69, 9.17) is 0 Å². The van der Waals surface area contributed by atoms with E-state index in [1.54, 1.807) is 34.1 Å². The summed E-state index contributed by atoms with van der Waals surface area (Å²) in [4.78, 5) is 29.3. The van der Waals surface area contributed by atoms with E-state index in [9.17, 15) is 27.2 Å². The first-order chi connectivity index (χ1) is 17.6.